The van der Waals surface area contributed by atoms with E-state index < -0.39 is 22.6 Å². The van der Waals surface area contributed by atoms with Crippen LogP contribution in [0.5, 0.6) is 5.88 Å². The molecule has 0 atom stereocenters. The molecule has 1 aliphatic carbocycles. The van der Waals surface area contributed by atoms with E-state index in [0.29, 0.717) is 17.9 Å². The maximum absolute atomic E-state index is 13.9. The van der Waals surface area contributed by atoms with Crippen LogP contribution in [0, 0.1) is 0 Å². The van der Waals surface area contributed by atoms with Gasteiger partial charge in [-0.3, -0.25) is 14.2 Å². The van der Waals surface area contributed by atoms with Crippen LogP contribution < -0.4 is 15.5 Å². The third-order valence-corrected chi connectivity index (χ3v) is 4.99. The van der Waals surface area contributed by atoms with Crippen LogP contribution in [0.2, 0.25) is 0 Å². The van der Waals surface area contributed by atoms with Crippen molar-refractivity contribution in [1.82, 2.24) is 9.55 Å². The molecule has 2 heterocycles. The van der Waals surface area contributed by atoms with Crippen molar-refractivity contribution in [2.24, 2.45) is 0 Å². The second-order valence-corrected chi connectivity index (χ2v) is 7.49. The highest BCUT2D eigenvalue weighted by Gasteiger charge is 2.36. The van der Waals surface area contributed by atoms with Crippen molar-refractivity contribution in [2.75, 3.05) is 11.9 Å². The number of carboxylic acid groups (broad SMARTS) is 1. The van der Waals surface area contributed by atoms with E-state index in [0.717, 1.165) is 24.6 Å². The summed E-state index contributed by atoms with van der Waals surface area (Å²) >= 11 is 0. The molecule has 0 radical (unpaired) electrons. The minimum atomic E-state index is -4.75. The van der Waals surface area contributed by atoms with Crippen LogP contribution in [0.15, 0.2) is 71.2 Å². The number of hydrogen-bond acceptors (Lipinski definition) is 5. The molecule has 0 unspecified atom stereocenters. The molecule has 0 amide bonds. The van der Waals surface area contributed by atoms with E-state index in [4.69, 9.17) is 14.6 Å². The predicted octanol–water partition coefficient (Wildman–Crippen LogP) is 5.54. The molecule has 184 valence electrons. The molecule has 0 saturated carbocycles. The SMILES string of the molecule is CCCOc1cc(C(F)(F)F)c2c(=O)cc(NC3=CCCC=C3)n(-c3ccccc3)c2n1.O=CO. The first-order valence-corrected chi connectivity index (χ1v) is 10.9. The smallest absolute Gasteiger partial charge is 0.417 e. The normalized spacial score (nSPS) is 13.0. The van der Waals surface area contributed by atoms with Crippen LogP contribution in [-0.4, -0.2) is 27.7 Å². The Morgan fingerprint density at radius 1 is 1.20 bits per heavy atom. The highest BCUT2D eigenvalue weighted by molar-refractivity contribution is 5.84. The number of hydrogen-bond donors (Lipinski definition) is 2. The van der Waals surface area contributed by atoms with Gasteiger partial charge in [-0.1, -0.05) is 37.3 Å². The highest BCUT2D eigenvalue weighted by atomic mass is 19.4. The lowest BCUT2D eigenvalue weighted by atomic mass is 10.1. The number of nitrogens with one attached hydrogen (secondary N) is 1. The summed E-state index contributed by atoms with van der Waals surface area (Å²) in [7, 11) is 0. The van der Waals surface area contributed by atoms with Gasteiger partial charge in [0.1, 0.15) is 5.82 Å². The number of rotatable bonds is 6. The van der Waals surface area contributed by atoms with Gasteiger partial charge in [-0.05, 0) is 37.5 Å². The summed E-state index contributed by atoms with van der Waals surface area (Å²) in [6, 6.07) is 10.8. The first-order chi connectivity index (χ1) is 16.8. The summed E-state index contributed by atoms with van der Waals surface area (Å²) in [5.74, 6) is 0.143. The van der Waals surface area contributed by atoms with Crippen molar-refractivity contribution in [2.45, 2.75) is 32.4 Å². The Bertz CT molecular complexity index is 1300. The van der Waals surface area contributed by atoms with Gasteiger partial charge in [0.2, 0.25) is 5.88 Å². The molecule has 7 nitrogen and oxygen atoms in total. The first-order valence-electron chi connectivity index (χ1n) is 10.9. The zero-order valence-electron chi connectivity index (χ0n) is 18.9. The zero-order valence-corrected chi connectivity index (χ0v) is 18.9. The van der Waals surface area contributed by atoms with Crippen LogP contribution in [0.25, 0.3) is 16.7 Å². The maximum Gasteiger partial charge on any atom is 0.417 e. The van der Waals surface area contributed by atoms with E-state index in [2.05, 4.69) is 10.3 Å². The van der Waals surface area contributed by atoms with E-state index in [-0.39, 0.29) is 24.6 Å². The average molecular weight is 487 g/mol. The second kappa shape index (κ2) is 11.4. The molecular weight excluding hydrogens is 463 g/mol. The number of fused-ring (bicyclic) bond motifs is 1. The molecule has 1 aromatic carbocycles. The molecule has 0 saturated heterocycles. The lowest BCUT2D eigenvalue weighted by Gasteiger charge is -2.21. The van der Waals surface area contributed by atoms with Gasteiger partial charge in [-0.2, -0.15) is 18.2 Å². The molecule has 10 heteroatoms. The molecule has 3 aromatic rings. The third kappa shape index (κ3) is 6.08. The standard InChI is InChI=1S/C24H22F3N3O2.CH2O2/c1-2-13-32-21-14-18(24(25,26)27)22-19(31)15-20(28-16-9-5-3-6-10-16)30(23(22)29-21)17-11-7-4-8-12-17;2-1-3/h4-5,7-12,14-15,28H,2-3,6,13H2,1H3;1H,(H,2,3). The van der Waals surface area contributed by atoms with Crippen LogP contribution in [0.1, 0.15) is 31.7 Å². The monoisotopic (exact) mass is 487 g/mol. The fraction of sp³-hybridized carbons (Fsp3) is 0.240. The summed E-state index contributed by atoms with van der Waals surface area (Å²) in [4.78, 5) is 25.6. The summed E-state index contributed by atoms with van der Waals surface area (Å²) < 4.78 is 48.8. The Balaban J connectivity index is 0.00000108. The first kappa shape index (κ1) is 25.5. The van der Waals surface area contributed by atoms with Gasteiger partial charge in [0.15, 0.2) is 11.1 Å². The summed E-state index contributed by atoms with van der Waals surface area (Å²) in [6.07, 6.45) is 3.43. The number of halogens is 3. The second-order valence-electron chi connectivity index (χ2n) is 7.49. The fourth-order valence-corrected chi connectivity index (χ4v) is 3.58. The highest BCUT2D eigenvalue weighted by Crippen LogP contribution is 2.36. The van der Waals surface area contributed by atoms with Gasteiger partial charge in [-0.15, -0.1) is 0 Å². The maximum atomic E-state index is 13.9. The van der Waals surface area contributed by atoms with Gasteiger partial charge in [0.05, 0.1) is 17.6 Å². The molecule has 1 aliphatic rings. The van der Waals surface area contributed by atoms with Crippen molar-refractivity contribution in [3.63, 3.8) is 0 Å². The van der Waals surface area contributed by atoms with E-state index in [1.807, 2.05) is 25.2 Å². The number of anilines is 1. The van der Waals surface area contributed by atoms with Crippen LogP contribution in [-0.2, 0) is 11.0 Å². The molecule has 0 spiro atoms. The number of nitrogens with zero attached hydrogens (tertiary/aromatic N) is 2. The fourth-order valence-electron chi connectivity index (χ4n) is 3.58. The molecule has 2 N–H and O–H groups in total. The number of para-hydroxylation sites is 1. The van der Waals surface area contributed by atoms with Crippen LogP contribution >= 0.6 is 0 Å². The molecular formula is C25H24F3N3O4. The van der Waals surface area contributed by atoms with Crippen molar-refractivity contribution >= 4 is 23.3 Å². The van der Waals surface area contributed by atoms with Crippen molar-refractivity contribution < 1.29 is 27.8 Å². The van der Waals surface area contributed by atoms with Crippen molar-refractivity contribution in [3.8, 4) is 11.6 Å². The number of allylic oxidation sites excluding steroid dienone is 3. The van der Waals surface area contributed by atoms with Crippen LogP contribution in [0.3, 0.4) is 0 Å². The Kier molecular flexibility index (Phi) is 8.30. The lowest BCUT2D eigenvalue weighted by Crippen LogP contribution is -2.19. The van der Waals surface area contributed by atoms with E-state index >= 15 is 0 Å². The molecule has 35 heavy (non-hydrogen) atoms. The zero-order chi connectivity index (χ0) is 25.4. The molecule has 2 aromatic heterocycles. The topological polar surface area (TPSA) is 93.5 Å². The Morgan fingerprint density at radius 2 is 1.91 bits per heavy atom. The number of pyridine rings is 2. The number of carbonyl (C=O) groups is 1. The number of benzene rings is 1. The molecule has 0 aliphatic heterocycles. The van der Waals surface area contributed by atoms with Gasteiger partial charge in [-0.25, -0.2) is 0 Å². The molecule has 0 bridgehead atoms. The van der Waals surface area contributed by atoms with Gasteiger partial charge in [0, 0.05) is 23.5 Å². The lowest BCUT2D eigenvalue weighted by molar-refractivity contribution is -0.136. The van der Waals surface area contributed by atoms with Crippen LogP contribution in [0.4, 0.5) is 19.0 Å². The summed E-state index contributed by atoms with van der Waals surface area (Å²) in [5, 5.41) is 9.57. The third-order valence-electron chi connectivity index (χ3n) is 4.99. The van der Waals surface area contributed by atoms with Crippen molar-refractivity contribution in [1.29, 1.82) is 0 Å². The quantitative estimate of drug-likeness (QED) is 0.444. The number of alkyl halides is 3. The average Bonchev–Trinajstić information content (AvgIpc) is 2.83. The van der Waals surface area contributed by atoms with E-state index in [9.17, 15) is 18.0 Å². The summed E-state index contributed by atoms with van der Waals surface area (Å²) in [5.41, 5.74) is -0.626. The Hall–Kier alpha value is -4.08. The van der Waals surface area contributed by atoms with Crippen molar-refractivity contribution in [3.05, 3.63) is 82.2 Å². The minimum absolute atomic E-state index is 0.118. The number of ether oxygens (including phenoxy) is 1. The van der Waals surface area contributed by atoms with Gasteiger partial charge in [0.25, 0.3) is 6.47 Å². The predicted molar refractivity (Wildman–Crippen MR) is 127 cm³/mol. The largest absolute Gasteiger partial charge is 0.483 e. The van der Waals surface area contributed by atoms with Gasteiger partial charge >= 0.3 is 6.18 Å². The summed E-state index contributed by atoms with van der Waals surface area (Å²) in [6.45, 7) is 1.81. The van der Waals surface area contributed by atoms with E-state index in [1.54, 1.807) is 30.3 Å². The Labute approximate surface area is 199 Å². The molecule has 0 fully saturated rings. The van der Waals surface area contributed by atoms with E-state index in [1.165, 1.54) is 10.6 Å². The Morgan fingerprint density at radius 3 is 2.51 bits per heavy atom. The minimum Gasteiger partial charge on any atom is -0.483 e. The van der Waals surface area contributed by atoms with Gasteiger partial charge < -0.3 is 15.2 Å². The number of aromatic nitrogens is 2. The molecule has 4 rings (SSSR count).